The fourth-order valence-corrected chi connectivity index (χ4v) is 7.41. The van der Waals surface area contributed by atoms with Gasteiger partial charge in [-0.2, -0.15) is 0 Å². The minimum absolute atomic E-state index is 0.0615. The molecular weight excluding hydrogens is 284 g/mol. The van der Waals surface area contributed by atoms with Crippen LogP contribution in [-0.4, -0.2) is 22.4 Å². The van der Waals surface area contributed by atoms with Crippen LogP contribution in [0, 0.1) is 40.4 Å². The fraction of sp³-hybridized carbons (Fsp3) is 0.905. The Hall–Kier alpha value is -0.340. The second-order valence-electron chi connectivity index (χ2n) is 9.65. The molecule has 0 aromatic rings. The first-order chi connectivity index (χ1) is 10.9. The van der Waals surface area contributed by atoms with Gasteiger partial charge in [0.05, 0.1) is 12.2 Å². The number of hydrogen-bond acceptors (Lipinski definition) is 2. The van der Waals surface area contributed by atoms with Gasteiger partial charge in [0.25, 0.3) is 0 Å². The Balaban J connectivity index is 1.67. The zero-order valence-electron chi connectivity index (χ0n) is 15.0. The number of rotatable bonds is 1. The zero-order chi connectivity index (χ0) is 16.4. The molecule has 4 aliphatic carbocycles. The molecular formula is C21H34O2. The van der Waals surface area contributed by atoms with Crippen LogP contribution in [0.3, 0.4) is 0 Å². The SMILES string of the molecule is C[C@H](O)[C@H]1CC[C@H]2[C@@H]3CC[C@@H]4C[C@H](O)CC[C@]4(C)[C@H]3C=C[C@]12C. The van der Waals surface area contributed by atoms with Crippen molar-refractivity contribution >= 4 is 0 Å². The molecule has 0 unspecified atom stereocenters. The summed E-state index contributed by atoms with van der Waals surface area (Å²) in [5.74, 6) is 3.38. The van der Waals surface area contributed by atoms with Crippen LogP contribution in [0.2, 0.25) is 0 Å². The third kappa shape index (κ3) is 2.20. The van der Waals surface area contributed by atoms with Gasteiger partial charge in [0.2, 0.25) is 0 Å². The van der Waals surface area contributed by atoms with Gasteiger partial charge in [0, 0.05) is 0 Å². The number of hydrogen-bond donors (Lipinski definition) is 2. The van der Waals surface area contributed by atoms with Gasteiger partial charge in [-0.3, -0.25) is 0 Å². The van der Waals surface area contributed by atoms with Crippen molar-refractivity contribution < 1.29 is 10.2 Å². The van der Waals surface area contributed by atoms with E-state index in [1.54, 1.807) is 0 Å². The van der Waals surface area contributed by atoms with Gasteiger partial charge in [-0.05, 0) is 92.3 Å². The van der Waals surface area contributed by atoms with Crippen LogP contribution in [-0.2, 0) is 0 Å². The monoisotopic (exact) mass is 318 g/mol. The third-order valence-electron chi connectivity index (χ3n) is 8.73. The van der Waals surface area contributed by atoms with Gasteiger partial charge in [-0.1, -0.05) is 26.0 Å². The topological polar surface area (TPSA) is 40.5 Å². The van der Waals surface area contributed by atoms with Crippen LogP contribution in [0.25, 0.3) is 0 Å². The molecule has 130 valence electrons. The minimum Gasteiger partial charge on any atom is -0.393 e. The fourth-order valence-electron chi connectivity index (χ4n) is 7.41. The molecule has 0 bridgehead atoms. The molecule has 2 nitrogen and oxygen atoms in total. The Morgan fingerprint density at radius 1 is 1.09 bits per heavy atom. The first-order valence-corrected chi connectivity index (χ1v) is 9.92. The molecule has 0 spiro atoms. The van der Waals surface area contributed by atoms with E-state index in [4.69, 9.17) is 0 Å². The second-order valence-corrected chi connectivity index (χ2v) is 9.65. The van der Waals surface area contributed by atoms with E-state index in [2.05, 4.69) is 26.0 Å². The first kappa shape index (κ1) is 16.1. The van der Waals surface area contributed by atoms with E-state index in [9.17, 15) is 10.2 Å². The third-order valence-corrected chi connectivity index (χ3v) is 8.73. The molecule has 0 aromatic heterocycles. The highest BCUT2D eigenvalue weighted by Crippen LogP contribution is 2.65. The van der Waals surface area contributed by atoms with Crippen molar-refractivity contribution in [2.45, 2.75) is 77.9 Å². The summed E-state index contributed by atoms with van der Waals surface area (Å²) in [7, 11) is 0. The van der Waals surface area contributed by atoms with Gasteiger partial charge >= 0.3 is 0 Å². The van der Waals surface area contributed by atoms with E-state index < -0.39 is 0 Å². The van der Waals surface area contributed by atoms with Crippen LogP contribution in [0.4, 0.5) is 0 Å². The van der Waals surface area contributed by atoms with Crippen LogP contribution >= 0.6 is 0 Å². The highest BCUT2D eigenvalue weighted by Gasteiger charge is 2.58. The van der Waals surface area contributed by atoms with E-state index in [1.807, 2.05) is 6.92 Å². The average Bonchev–Trinajstić information content (AvgIpc) is 2.85. The summed E-state index contributed by atoms with van der Waals surface area (Å²) >= 11 is 0. The summed E-state index contributed by atoms with van der Waals surface area (Å²) in [4.78, 5) is 0. The predicted octanol–water partition coefficient (Wildman–Crippen LogP) is 4.16. The molecule has 4 aliphatic rings. The maximum atomic E-state index is 10.3. The zero-order valence-corrected chi connectivity index (χ0v) is 15.0. The van der Waals surface area contributed by atoms with Crippen LogP contribution in [0.15, 0.2) is 12.2 Å². The molecule has 2 heteroatoms. The summed E-state index contributed by atoms with van der Waals surface area (Å²) in [6, 6.07) is 0. The molecule has 0 heterocycles. The lowest BCUT2D eigenvalue weighted by molar-refractivity contribution is -0.0841. The van der Waals surface area contributed by atoms with Crippen molar-refractivity contribution in [3.05, 3.63) is 12.2 Å². The summed E-state index contributed by atoms with van der Waals surface area (Å²) in [6.07, 6.45) is 13.1. The van der Waals surface area contributed by atoms with Gasteiger partial charge < -0.3 is 10.2 Å². The Morgan fingerprint density at radius 2 is 1.87 bits per heavy atom. The van der Waals surface area contributed by atoms with Gasteiger partial charge in [0.1, 0.15) is 0 Å². The van der Waals surface area contributed by atoms with Crippen molar-refractivity contribution in [1.29, 1.82) is 0 Å². The molecule has 0 radical (unpaired) electrons. The van der Waals surface area contributed by atoms with Crippen molar-refractivity contribution in [3.63, 3.8) is 0 Å². The van der Waals surface area contributed by atoms with E-state index >= 15 is 0 Å². The molecule has 0 aliphatic heterocycles. The number of aliphatic hydroxyl groups is 2. The standard InChI is InChI=1S/C21H34O2/c1-13(22)17-6-7-18-16-5-4-14-12-15(23)8-10-20(14,2)19(16)9-11-21(17,18)3/h9,11,13-19,22-23H,4-8,10,12H2,1-3H3/t13-,14+,15+,16-,17+,18-,19-,20-,21+/m0/s1. The predicted molar refractivity (Wildman–Crippen MR) is 92.8 cm³/mol. The molecule has 2 N–H and O–H groups in total. The lowest BCUT2D eigenvalue weighted by atomic mass is 9.46. The van der Waals surface area contributed by atoms with E-state index in [0.717, 1.165) is 24.7 Å². The first-order valence-electron chi connectivity index (χ1n) is 9.92. The summed E-state index contributed by atoms with van der Waals surface area (Å²) < 4.78 is 0. The van der Waals surface area contributed by atoms with Crippen molar-refractivity contribution in [1.82, 2.24) is 0 Å². The molecule has 0 saturated heterocycles. The lowest BCUT2D eigenvalue weighted by Gasteiger charge is -2.58. The number of allylic oxidation sites excluding steroid dienone is 2. The highest BCUT2D eigenvalue weighted by atomic mass is 16.3. The van der Waals surface area contributed by atoms with Gasteiger partial charge in [0.15, 0.2) is 0 Å². The van der Waals surface area contributed by atoms with E-state index in [-0.39, 0.29) is 17.6 Å². The highest BCUT2D eigenvalue weighted by molar-refractivity contribution is 5.21. The lowest BCUT2D eigenvalue weighted by Crippen LogP contribution is -2.52. The van der Waals surface area contributed by atoms with E-state index in [1.165, 1.54) is 32.1 Å². The summed E-state index contributed by atoms with van der Waals surface area (Å²) in [6.45, 7) is 6.90. The van der Waals surface area contributed by atoms with Crippen LogP contribution in [0.1, 0.15) is 65.7 Å². The van der Waals surface area contributed by atoms with Gasteiger partial charge in [-0.15, -0.1) is 0 Å². The quantitative estimate of drug-likeness (QED) is 0.713. The number of aliphatic hydroxyl groups excluding tert-OH is 2. The van der Waals surface area contributed by atoms with Crippen molar-refractivity contribution in [2.24, 2.45) is 40.4 Å². The largest absolute Gasteiger partial charge is 0.393 e. The Labute approximate surface area is 141 Å². The maximum Gasteiger partial charge on any atom is 0.0548 e. The minimum atomic E-state index is -0.192. The molecule has 0 aromatic carbocycles. The van der Waals surface area contributed by atoms with Crippen molar-refractivity contribution in [3.8, 4) is 0 Å². The Morgan fingerprint density at radius 3 is 2.61 bits per heavy atom. The van der Waals surface area contributed by atoms with Crippen LogP contribution < -0.4 is 0 Å². The van der Waals surface area contributed by atoms with Gasteiger partial charge in [-0.25, -0.2) is 0 Å². The average molecular weight is 319 g/mol. The molecule has 0 amide bonds. The molecule has 9 atom stereocenters. The summed E-state index contributed by atoms with van der Waals surface area (Å²) in [5.41, 5.74) is 0.593. The molecule has 3 fully saturated rings. The maximum absolute atomic E-state index is 10.3. The van der Waals surface area contributed by atoms with Crippen LogP contribution in [0.5, 0.6) is 0 Å². The smallest absolute Gasteiger partial charge is 0.0548 e. The molecule has 4 rings (SSSR count). The Kier molecular flexibility index (Phi) is 3.74. The Bertz CT molecular complexity index is 498. The number of fused-ring (bicyclic) bond motifs is 5. The molecule has 3 saturated carbocycles. The van der Waals surface area contributed by atoms with Crippen molar-refractivity contribution in [2.75, 3.05) is 0 Å². The van der Waals surface area contributed by atoms with E-state index in [0.29, 0.717) is 23.2 Å². The normalized spacial score (nSPS) is 56.6. The summed E-state index contributed by atoms with van der Waals surface area (Å²) in [5, 5.41) is 20.4. The molecule has 23 heavy (non-hydrogen) atoms. The second kappa shape index (κ2) is 5.33.